The van der Waals surface area contributed by atoms with Crippen LogP contribution in [0.25, 0.3) is 0 Å². The molecular weight excluding hydrogens is 221 g/mol. The summed E-state index contributed by atoms with van der Waals surface area (Å²) in [6.45, 7) is 3.05. The molecule has 2 aromatic rings. The normalized spacial score (nSPS) is 10.5. The molecule has 4 nitrogen and oxygen atoms in total. The Labute approximate surface area is 98.8 Å². The van der Waals surface area contributed by atoms with Gasteiger partial charge in [0, 0.05) is 6.54 Å². The van der Waals surface area contributed by atoms with Crippen LogP contribution in [0.4, 0.5) is 10.2 Å². The molecule has 0 bridgehead atoms. The number of ether oxygens (including phenoxy) is 1. The highest BCUT2D eigenvalue weighted by Gasteiger charge is 2.06. The molecule has 90 valence electrons. The zero-order chi connectivity index (χ0) is 12.3. The minimum atomic E-state index is -0.281. The molecule has 0 spiro atoms. The molecule has 0 aliphatic carbocycles. The molecule has 0 fully saturated rings. The summed E-state index contributed by atoms with van der Waals surface area (Å²) in [4.78, 5) is 4.16. The van der Waals surface area contributed by atoms with Crippen molar-refractivity contribution in [2.45, 2.75) is 20.1 Å². The van der Waals surface area contributed by atoms with E-state index in [-0.39, 0.29) is 5.82 Å². The van der Waals surface area contributed by atoms with E-state index >= 15 is 0 Å². The fourth-order valence-corrected chi connectivity index (χ4v) is 1.59. The van der Waals surface area contributed by atoms with Crippen molar-refractivity contribution in [1.29, 1.82) is 0 Å². The molecular formula is C12H14FN3O. The molecule has 0 aliphatic heterocycles. The Morgan fingerprint density at radius 2 is 2.06 bits per heavy atom. The van der Waals surface area contributed by atoms with Crippen molar-refractivity contribution < 1.29 is 9.13 Å². The Balaban J connectivity index is 2.04. The molecule has 2 N–H and O–H groups in total. The van der Waals surface area contributed by atoms with Crippen LogP contribution in [-0.4, -0.2) is 9.55 Å². The number of anilines is 1. The predicted octanol–water partition coefficient (Wildman–Crippen LogP) is 2.20. The molecule has 0 saturated carbocycles. The molecule has 1 aromatic carbocycles. The molecule has 17 heavy (non-hydrogen) atoms. The third-order valence-electron chi connectivity index (χ3n) is 2.47. The fourth-order valence-electron chi connectivity index (χ4n) is 1.59. The summed E-state index contributed by atoms with van der Waals surface area (Å²) in [7, 11) is 0. The summed E-state index contributed by atoms with van der Waals surface area (Å²) in [5.41, 5.74) is 5.74. The van der Waals surface area contributed by atoms with Gasteiger partial charge in [0.05, 0.1) is 6.20 Å². The lowest BCUT2D eigenvalue weighted by Gasteiger charge is -2.08. The first kappa shape index (κ1) is 11.4. The van der Waals surface area contributed by atoms with E-state index in [1.807, 2.05) is 11.5 Å². The third-order valence-corrected chi connectivity index (χ3v) is 2.47. The second-order valence-corrected chi connectivity index (χ2v) is 3.59. The summed E-state index contributed by atoms with van der Waals surface area (Å²) in [6.07, 6.45) is 1.60. The maximum absolute atomic E-state index is 12.7. The number of hydrogen-bond donors (Lipinski definition) is 1. The lowest BCUT2D eigenvalue weighted by atomic mass is 10.3. The van der Waals surface area contributed by atoms with Gasteiger partial charge in [0.1, 0.15) is 29.8 Å². The lowest BCUT2D eigenvalue weighted by molar-refractivity contribution is 0.290. The van der Waals surface area contributed by atoms with Crippen LogP contribution >= 0.6 is 0 Å². The standard InChI is InChI=1S/C12H14FN3O/c1-2-16-11(14)7-15-12(16)8-17-10-5-3-9(13)4-6-10/h3-7H,2,8,14H2,1H3. The molecule has 2 rings (SSSR count). The summed E-state index contributed by atoms with van der Waals surface area (Å²) >= 11 is 0. The quantitative estimate of drug-likeness (QED) is 0.883. The summed E-state index contributed by atoms with van der Waals surface area (Å²) in [5.74, 6) is 1.70. The van der Waals surface area contributed by atoms with Gasteiger partial charge in [0.15, 0.2) is 0 Å². The monoisotopic (exact) mass is 235 g/mol. The summed E-state index contributed by atoms with van der Waals surface area (Å²) in [5, 5.41) is 0. The minimum absolute atomic E-state index is 0.281. The van der Waals surface area contributed by atoms with E-state index in [0.717, 1.165) is 12.4 Å². The third kappa shape index (κ3) is 2.55. The number of aromatic nitrogens is 2. The van der Waals surface area contributed by atoms with Gasteiger partial charge in [0.25, 0.3) is 0 Å². The van der Waals surface area contributed by atoms with Crippen molar-refractivity contribution in [2.24, 2.45) is 0 Å². The molecule has 1 aromatic heterocycles. The van der Waals surface area contributed by atoms with Crippen LogP contribution in [-0.2, 0) is 13.2 Å². The largest absolute Gasteiger partial charge is 0.486 e. The highest BCUT2D eigenvalue weighted by Crippen LogP contribution is 2.14. The minimum Gasteiger partial charge on any atom is -0.486 e. The van der Waals surface area contributed by atoms with Crippen molar-refractivity contribution >= 4 is 5.82 Å². The van der Waals surface area contributed by atoms with Crippen LogP contribution in [0.5, 0.6) is 5.75 Å². The first-order chi connectivity index (χ1) is 8.20. The number of nitrogens with two attached hydrogens (primary N) is 1. The van der Waals surface area contributed by atoms with Crippen LogP contribution in [0.3, 0.4) is 0 Å². The predicted molar refractivity (Wildman–Crippen MR) is 63.0 cm³/mol. The van der Waals surface area contributed by atoms with Crippen molar-refractivity contribution in [3.8, 4) is 5.75 Å². The number of nitrogens with zero attached hydrogens (tertiary/aromatic N) is 2. The van der Waals surface area contributed by atoms with Crippen LogP contribution in [0.2, 0.25) is 0 Å². The van der Waals surface area contributed by atoms with Gasteiger partial charge in [0.2, 0.25) is 0 Å². The second kappa shape index (κ2) is 4.86. The Bertz CT molecular complexity index is 493. The molecule has 0 atom stereocenters. The molecule has 0 unspecified atom stereocenters. The van der Waals surface area contributed by atoms with Gasteiger partial charge in [-0.3, -0.25) is 0 Å². The van der Waals surface area contributed by atoms with Gasteiger partial charge >= 0.3 is 0 Å². The van der Waals surface area contributed by atoms with Gasteiger partial charge in [-0.1, -0.05) is 0 Å². The number of rotatable bonds is 4. The number of imidazole rings is 1. The van der Waals surface area contributed by atoms with Gasteiger partial charge in [-0.05, 0) is 31.2 Å². The average molecular weight is 235 g/mol. The topological polar surface area (TPSA) is 53.1 Å². The Morgan fingerprint density at radius 3 is 2.71 bits per heavy atom. The van der Waals surface area contributed by atoms with Crippen molar-refractivity contribution in [3.05, 3.63) is 42.1 Å². The summed E-state index contributed by atoms with van der Waals surface area (Å²) < 4.78 is 20.0. The Hall–Kier alpha value is -2.04. The molecule has 0 aliphatic rings. The molecule has 0 saturated heterocycles. The highest BCUT2D eigenvalue weighted by atomic mass is 19.1. The van der Waals surface area contributed by atoms with Gasteiger partial charge < -0.3 is 15.0 Å². The molecule has 0 amide bonds. The van der Waals surface area contributed by atoms with Gasteiger partial charge in [-0.2, -0.15) is 0 Å². The van der Waals surface area contributed by atoms with Crippen molar-refractivity contribution in [3.63, 3.8) is 0 Å². The molecule has 5 heteroatoms. The smallest absolute Gasteiger partial charge is 0.148 e. The van der Waals surface area contributed by atoms with E-state index in [4.69, 9.17) is 10.5 Å². The van der Waals surface area contributed by atoms with Crippen molar-refractivity contribution in [2.75, 3.05) is 5.73 Å². The van der Waals surface area contributed by atoms with E-state index in [2.05, 4.69) is 4.98 Å². The van der Waals surface area contributed by atoms with Crippen LogP contribution in [0, 0.1) is 5.82 Å². The van der Waals surface area contributed by atoms with E-state index in [1.165, 1.54) is 12.1 Å². The van der Waals surface area contributed by atoms with E-state index < -0.39 is 0 Å². The Morgan fingerprint density at radius 1 is 1.35 bits per heavy atom. The maximum atomic E-state index is 12.7. The van der Waals surface area contributed by atoms with E-state index in [9.17, 15) is 4.39 Å². The SMILES string of the molecule is CCn1c(N)cnc1COc1ccc(F)cc1. The number of hydrogen-bond acceptors (Lipinski definition) is 3. The van der Waals surface area contributed by atoms with E-state index in [0.29, 0.717) is 18.2 Å². The maximum Gasteiger partial charge on any atom is 0.148 e. The van der Waals surface area contributed by atoms with Crippen molar-refractivity contribution in [1.82, 2.24) is 9.55 Å². The van der Waals surface area contributed by atoms with Gasteiger partial charge in [-0.15, -0.1) is 0 Å². The molecule has 0 radical (unpaired) electrons. The first-order valence-electron chi connectivity index (χ1n) is 5.39. The second-order valence-electron chi connectivity index (χ2n) is 3.59. The zero-order valence-electron chi connectivity index (χ0n) is 9.56. The zero-order valence-corrected chi connectivity index (χ0v) is 9.56. The first-order valence-corrected chi connectivity index (χ1v) is 5.39. The number of halogens is 1. The number of nitrogen functional groups attached to an aromatic ring is 1. The molecule has 1 heterocycles. The van der Waals surface area contributed by atoms with Crippen LogP contribution in [0.15, 0.2) is 30.5 Å². The van der Waals surface area contributed by atoms with Crippen LogP contribution < -0.4 is 10.5 Å². The Kier molecular flexibility index (Phi) is 3.27. The van der Waals surface area contributed by atoms with Crippen LogP contribution in [0.1, 0.15) is 12.7 Å². The lowest BCUT2D eigenvalue weighted by Crippen LogP contribution is -2.08. The highest BCUT2D eigenvalue weighted by molar-refractivity contribution is 5.28. The van der Waals surface area contributed by atoms with E-state index in [1.54, 1.807) is 18.3 Å². The van der Waals surface area contributed by atoms with Gasteiger partial charge in [-0.25, -0.2) is 9.37 Å². The number of benzene rings is 1. The summed E-state index contributed by atoms with van der Waals surface area (Å²) in [6, 6.07) is 5.88. The fraction of sp³-hybridized carbons (Fsp3) is 0.250. The average Bonchev–Trinajstić information content (AvgIpc) is 2.69.